The summed E-state index contributed by atoms with van der Waals surface area (Å²) in [6.45, 7) is 6.36. The van der Waals surface area contributed by atoms with Gasteiger partial charge in [0.15, 0.2) is 5.96 Å². The van der Waals surface area contributed by atoms with E-state index in [2.05, 4.69) is 40.9 Å². The Hall–Kier alpha value is -0.830. The summed E-state index contributed by atoms with van der Waals surface area (Å²) in [6.07, 6.45) is 5.70. The van der Waals surface area contributed by atoms with Crippen LogP contribution in [0.15, 0.2) is 17.1 Å². The maximum atomic E-state index is 5.88. The third-order valence-electron chi connectivity index (χ3n) is 4.12. The van der Waals surface area contributed by atoms with E-state index in [0.717, 1.165) is 42.4 Å². The van der Waals surface area contributed by atoms with Gasteiger partial charge < -0.3 is 20.1 Å². The van der Waals surface area contributed by atoms with Gasteiger partial charge in [-0.3, -0.25) is 4.99 Å². The molecule has 0 aliphatic carbocycles. The number of halogens is 1. The molecule has 1 unspecified atom stereocenters. The molecule has 5 nitrogen and oxygen atoms in total. The number of guanidine groups is 1. The van der Waals surface area contributed by atoms with E-state index >= 15 is 0 Å². The van der Waals surface area contributed by atoms with Gasteiger partial charge in [-0.25, -0.2) is 0 Å². The van der Waals surface area contributed by atoms with Gasteiger partial charge in [0.2, 0.25) is 0 Å². The summed E-state index contributed by atoms with van der Waals surface area (Å²) in [4.78, 5) is 4.30. The lowest BCUT2D eigenvalue weighted by Crippen LogP contribution is -2.37. The molecule has 2 rings (SSSR count). The Bertz CT molecular complexity index is 584. The van der Waals surface area contributed by atoms with E-state index in [4.69, 9.17) is 9.47 Å². The second-order valence-corrected chi connectivity index (χ2v) is 7.17. The fourth-order valence-electron chi connectivity index (χ4n) is 2.89. The van der Waals surface area contributed by atoms with Crippen molar-refractivity contribution < 1.29 is 9.47 Å². The SMILES string of the molecule is CCOc1cc2c(cc1CNC(=NC)NCCCCSC)OC(C)C2.I. The van der Waals surface area contributed by atoms with Crippen LogP contribution in [0.5, 0.6) is 11.5 Å². The minimum atomic E-state index is 0. The third kappa shape index (κ3) is 7.06. The number of nitrogens with one attached hydrogen (secondary N) is 2. The first-order chi connectivity index (χ1) is 12.2. The monoisotopic (exact) mass is 493 g/mol. The van der Waals surface area contributed by atoms with Crippen LogP contribution in [-0.2, 0) is 13.0 Å². The highest BCUT2D eigenvalue weighted by atomic mass is 127. The summed E-state index contributed by atoms with van der Waals surface area (Å²) in [6, 6.07) is 4.22. The highest BCUT2D eigenvalue weighted by Gasteiger charge is 2.21. The molecule has 1 heterocycles. The van der Waals surface area contributed by atoms with Crippen molar-refractivity contribution >= 4 is 41.7 Å². The molecule has 1 aromatic rings. The Morgan fingerprint density at radius 2 is 2.15 bits per heavy atom. The Balaban J connectivity index is 0.00000338. The maximum absolute atomic E-state index is 5.88. The topological polar surface area (TPSA) is 54.9 Å². The Morgan fingerprint density at radius 1 is 1.35 bits per heavy atom. The Labute approximate surface area is 179 Å². The quantitative estimate of drug-likeness (QED) is 0.237. The van der Waals surface area contributed by atoms with Gasteiger partial charge in [-0.05, 0) is 50.8 Å². The molecule has 0 spiro atoms. The zero-order valence-electron chi connectivity index (χ0n) is 16.3. The van der Waals surface area contributed by atoms with Gasteiger partial charge in [0, 0.05) is 37.7 Å². The number of nitrogens with zero attached hydrogens (tertiary/aromatic N) is 1. The summed E-state index contributed by atoms with van der Waals surface area (Å²) >= 11 is 1.89. The van der Waals surface area contributed by atoms with Gasteiger partial charge in [-0.1, -0.05) is 0 Å². The predicted molar refractivity (Wildman–Crippen MR) is 123 cm³/mol. The first kappa shape index (κ1) is 23.2. The fourth-order valence-corrected chi connectivity index (χ4v) is 3.38. The van der Waals surface area contributed by atoms with Crippen LogP contribution in [0, 0.1) is 0 Å². The molecular formula is C19H32IN3O2S. The van der Waals surface area contributed by atoms with Crippen molar-refractivity contribution in [2.24, 2.45) is 4.99 Å². The number of hydrogen-bond donors (Lipinski definition) is 2. The molecule has 2 N–H and O–H groups in total. The second-order valence-electron chi connectivity index (χ2n) is 6.19. The molecule has 1 atom stereocenters. The molecule has 1 aliphatic heterocycles. The minimum absolute atomic E-state index is 0. The summed E-state index contributed by atoms with van der Waals surface area (Å²) in [5, 5.41) is 6.74. The first-order valence-electron chi connectivity index (χ1n) is 9.06. The van der Waals surface area contributed by atoms with Gasteiger partial charge in [-0.2, -0.15) is 11.8 Å². The largest absolute Gasteiger partial charge is 0.494 e. The highest BCUT2D eigenvalue weighted by molar-refractivity contribution is 14.0. The number of thioether (sulfide) groups is 1. The third-order valence-corrected chi connectivity index (χ3v) is 4.81. The maximum Gasteiger partial charge on any atom is 0.191 e. The van der Waals surface area contributed by atoms with E-state index in [1.165, 1.54) is 17.7 Å². The van der Waals surface area contributed by atoms with E-state index < -0.39 is 0 Å². The minimum Gasteiger partial charge on any atom is -0.494 e. The average molecular weight is 493 g/mol. The molecule has 1 aromatic carbocycles. The normalized spacial score (nSPS) is 15.7. The molecule has 0 amide bonds. The van der Waals surface area contributed by atoms with Crippen molar-refractivity contribution in [3.05, 3.63) is 23.3 Å². The van der Waals surface area contributed by atoms with Crippen LogP contribution in [0.25, 0.3) is 0 Å². The van der Waals surface area contributed by atoms with Gasteiger partial charge in [0.05, 0.1) is 6.61 Å². The van der Waals surface area contributed by atoms with E-state index in [9.17, 15) is 0 Å². The van der Waals surface area contributed by atoms with Crippen LogP contribution in [0.4, 0.5) is 0 Å². The number of aliphatic imine (C=N–C) groups is 1. The van der Waals surface area contributed by atoms with E-state index in [-0.39, 0.29) is 30.1 Å². The Kier molecular flexibility index (Phi) is 11.2. The Morgan fingerprint density at radius 3 is 2.85 bits per heavy atom. The van der Waals surface area contributed by atoms with Crippen LogP contribution >= 0.6 is 35.7 Å². The number of unbranched alkanes of at least 4 members (excludes halogenated alkanes) is 1. The second kappa shape index (κ2) is 12.5. The summed E-state index contributed by atoms with van der Waals surface area (Å²) in [5.74, 6) is 3.94. The van der Waals surface area contributed by atoms with Gasteiger partial charge in [0.1, 0.15) is 17.6 Å². The molecule has 0 saturated carbocycles. The van der Waals surface area contributed by atoms with Crippen LogP contribution in [-0.4, -0.2) is 44.3 Å². The first-order valence-corrected chi connectivity index (χ1v) is 10.5. The smallest absolute Gasteiger partial charge is 0.191 e. The molecule has 7 heteroatoms. The average Bonchev–Trinajstić information content (AvgIpc) is 2.96. The number of benzene rings is 1. The van der Waals surface area contributed by atoms with Crippen LogP contribution in [0.2, 0.25) is 0 Å². The van der Waals surface area contributed by atoms with Crippen LogP contribution in [0.1, 0.15) is 37.8 Å². The van der Waals surface area contributed by atoms with E-state index in [1.807, 2.05) is 18.7 Å². The van der Waals surface area contributed by atoms with Crippen molar-refractivity contribution in [1.82, 2.24) is 10.6 Å². The number of rotatable bonds is 9. The molecule has 0 radical (unpaired) electrons. The molecule has 0 aromatic heterocycles. The van der Waals surface area contributed by atoms with Crippen molar-refractivity contribution in [1.29, 1.82) is 0 Å². The zero-order valence-corrected chi connectivity index (χ0v) is 19.4. The number of fused-ring (bicyclic) bond motifs is 1. The summed E-state index contributed by atoms with van der Waals surface area (Å²) < 4.78 is 11.7. The van der Waals surface area contributed by atoms with Crippen molar-refractivity contribution in [2.75, 3.05) is 32.2 Å². The van der Waals surface area contributed by atoms with Crippen molar-refractivity contribution in [2.45, 2.75) is 45.8 Å². The molecule has 26 heavy (non-hydrogen) atoms. The zero-order chi connectivity index (χ0) is 18.1. The highest BCUT2D eigenvalue weighted by Crippen LogP contribution is 2.35. The summed E-state index contributed by atoms with van der Waals surface area (Å²) in [7, 11) is 1.80. The van der Waals surface area contributed by atoms with E-state index in [0.29, 0.717) is 13.2 Å². The molecule has 148 valence electrons. The van der Waals surface area contributed by atoms with Crippen LogP contribution < -0.4 is 20.1 Å². The molecule has 0 saturated heterocycles. The lowest BCUT2D eigenvalue weighted by atomic mass is 10.1. The van der Waals surface area contributed by atoms with Crippen molar-refractivity contribution in [3.8, 4) is 11.5 Å². The van der Waals surface area contributed by atoms with Crippen molar-refractivity contribution in [3.63, 3.8) is 0 Å². The van der Waals surface area contributed by atoms with Crippen LogP contribution in [0.3, 0.4) is 0 Å². The number of hydrogen-bond acceptors (Lipinski definition) is 4. The lowest BCUT2D eigenvalue weighted by molar-refractivity contribution is 0.254. The van der Waals surface area contributed by atoms with E-state index in [1.54, 1.807) is 7.05 Å². The summed E-state index contributed by atoms with van der Waals surface area (Å²) in [5.41, 5.74) is 2.33. The molecule has 0 fully saturated rings. The number of ether oxygens (including phenoxy) is 2. The predicted octanol–water partition coefficient (Wildman–Crippen LogP) is 3.83. The fraction of sp³-hybridized carbons (Fsp3) is 0.632. The molecule has 0 bridgehead atoms. The van der Waals surface area contributed by atoms with Gasteiger partial charge in [0.25, 0.3) is 0 Å². The van der Waals surface area contributed by atoms with Gasteiger partial charge in [-0.15, -0.1) is 24.0 Å². The molecule has 1 aliphatic rings. The molecular weight excluding hydrogens is 461 g/mol. The standard InChI is InChI=1S/C19H31N3O2S.HI/c1-5-23-17-11-15-10-14(2)24-18(15)12-16(17)13-22-19(20-3)21-8-6-7-9-25-4;/h11-12,14H,5-10,13H2,1-4H3,(H2,20,21,22);1H. The lowest BCUT2D eigenvalue weighted by Gasteiger charge is -2.15. The van der Waals surface area contributed by atoms with Gasteiger partial charge >= 0.3 is 0 Å².